The predicted molar refractivity (Wildman–Crippen MR) is 48.3 cm³/mol. The highest BCUT2D eigenvalue weighted by Gasteiger charge is 2.03. The zero-order valence-corrected chi connectivity index (χ0v) is 8.42. The Hall–Kier alpha value is -0.210. The van der Waals surface area contributed by atoms with E-state index in [4.69, 9.17) is 9.76 Å². The third kappa shape index (κ3) is 9.71. The molecule has 0 aromatic carbocycles. The molecule has 1 fully saturated rings. The second-order valence-corrected chi connectivity index (χ2v) is 4.32. The average Bonchev–Trinajstić information content (AvgIpc) is 2.06. The molecule has 80 valence electrons. The lowest BCUT2D eigenvalue weighted by Gasteiger charge is -2.19. The third-order valence-corrected chi connectivity index (χ3v) is 2.19. The fourth-order valence-electron chi connectivity index (χ4n) is 0.653. The van der Waals surface area contributed by atoms with Crippen LogP contribution in [0.4, 0.5) is 0 Å². The molecule has 0 bridgehead atoms. The highest BCUT2D eigenvalue weighted by Crippen LogP contribution is 1.82. The van der Waals surface area contributed by atoms with Gasteiger partial charge in [0, 0.05) is 26.2 Å². The Morgan fingerprint density at radius 1 is 1.38 bits per heavy atom. The van der Waals surface area contributed by atoms with Crippen molar-refractivity contribution in [2.24, 2.45) is 0 Å². The summed E-state index contributed by atoms with van der Waals surface area (Å²) in [7, 11) is -3.66. The minimum atomic E-state index is -3.66. The molecule has 1 saturated heterocycles. The number of hydroxylamine groups is 2. The van der Waals surface area contributed by atoms with Gasteiger partial charge in [-0.1, -0.05) is 0 Å². The lowest BCUT2D eigenvalue weighted by Crippen LogP contribution is -2.41. The van der Waals surface area contributed by atoms with Crippen molar-refractivity contribution in [1.29, 1.82) is 0 Å². The smallest absolute Gasteiger partial charge is 0.264 e. The molecule has 0 unspecified atom stereocenters. The SMILES string of the molecule is CCS(=O)(=O)O.ON1CCNCC1. The number of piperazine rings is 1. The number of nitrogens with zero attached hydrogens (tertiary/aromatic N) is 1. The Labute approximate surface area is 78.3 Å². The fraction of sp³-hybridized carbons (Fsp3) is 1.00. The normalized spacial score (nSPS) is 19.0. The van der Waals surface area contributed by atoms with Crippen molar-refractivity contribution < 1.29 is 18.2 Å². The molecule has 6 nitrogen and oxygen atoms in total. The van der Waals surface area contributed by atoms with Gasteiger partial charge in [-0.2, -0.15) is 13.5 Å². The van der Waals surface area contributed by atoms with E-state index in [2.05, 4.69) is 5.32 Å². The third-order valence-electron chi connectivity index (χ3n) is 1.46. The summed E-state index contributed by atoms with van der Waals surface area (Å²) in [6.07, 6.45) is 0. The number of hydrogen-bond donors (Lipinski definition) is 3. The van der Waals surface area contributed by atoms with Gasteiger partial charge in [0.2, 0.25) is 0 Å². The summed E-state index contributed by atoms with van der Waals surface area (Å²) >= 11 is 0. The lowest BCUT2D eigenvalue weighted by molar-refractivity contribution is -0.0976. The molecule has 1 heterocycles. The first-order valence-corrected chi connectivity index (χ1v) is 5.66. The molecule has 0 aliphatic carbocycles. The summed E-state index contributed by atoms with van der Waals surface area (Å²) in [5.74, 6) is -0.201. The highest BCUT2D eigenvalue weighted by molar-refractivity contribution is 7.85. The molecule has 3 N–H and O–H groups in total. The Bertz CT molecular complexity index is 211. The van der Waals surface area contributed by atoms with E-state index in [9.17, 15) is 8.42 Å². The minimum absolute atomic E-state index is 0.201. The maximum absolute atomic E-state index is 9.56. The largest absolute Gasteiger partial charge is 0.314 e. The van der Waals surface area contributed by atoms with Crippen molar-refractivity contribution in [2.75, 3.05) is 31.9 Å². The van der Waals surface area contributed by atoms with Crippen LogP contribution in [0.3, 0.4) is 0 Å². The highest BCUT2D eigenvalue weighted by atomic mass is 32.2. The number of nitrogens with one attached hydrogen (secondary N) is 1. The molecule has 13 heavy (non-hydrogen) atoms. The first-order valence-electron chi connectivity index (χ1n) is 4.05. The van der Waals surface area contributed by atoms with E-state index in [1.165, 1.54) is 12.0 Å². The van der Waals surface area contributed by atoms with E-state index in [1.54, 1.807) is 0 Å². The van der Waals surface area contributed by atoms with Crippen LogP contribution in [0.5, 0.6) is 0 Å². The lowest BCUT2D eigenvalue weighted by atomic mass is 10.4. The van der Waals surface area contributed by atoms with E-state index >= 15 is 0 Å². The average molecular weight is 212 g/mol. The second kappa shape index (κ2) is 6.28. The van der Waals surface area contributed by atoms with Crippen molar-refractivity contribution in [3.05, 3.63) is 0 Å². The van der Waals surface area contributed by atoms with E-state index in [1.807, 2.05) is 0 Å². The van der Waals surface area contributed by atoms with Crippen molar-refractivity contribution in [3.63, 3.8) is 0 Å². The van der Waals surface area contributed by atoms with Crippen LogP contribution >= 0.6 is 0 Å². The summed E-state index contributed by atoms with van der Waals surface area (Å²) in [6, 6.07) is 0. The molecular formula is C6H16N2O4S. The zero-order valence-electron chi connectivity index (χ0n) is 7.60. The van der Waals surface area contributed by atoms with Gasteiger partial charge in [-0.3, -0.25) is 4.55 Å². The monoisotopic (exact) mass is 212 g/mol. The first-order chi connectivity index (χ1) is 5.95. The van der Waals surface area contributed by atoms with E-state index in [-0.39, 0.29) is 5.75 Å². The summed E-state index contributed by atoms with van der Waals surface area (Å²) in [6.45, 7) is 4.72. The Morgan fingerprint density at radius 3 is 1.92 bits per heavy atom. The molecular weight excluding hydrogens is 196 g/mol. The molecule has 0 atom stereocenters. The maximum atomic E-state index is 9.56. The minimum Gasteiger partial charge on any atom is -0.314 e. The standard InChI is InChI=1S/C4H10N2O.C2H6O3S/c7-6-3-1-5-2-4-6;1-2-6(3,4)5/h5,7H,1-4H2;2H2,1H3,(H,3,4,5). The van der Waals surface area contributed by atoms with Crippen LogP contribution in [0.15, 0.2) is 0 Å². The van der Waals surface area contributed by atoms with Gasteiger partial charge in [-0.05, 0) is 6.92 Å². The fourth-order valence-corrected chi connectivity index (χ4v) is 0.653. The molecule has 1 aliphatic rings. The van der Waals surface area contributed by atoms with Gasteiger partial charge < -0.3 is 10.5 Å². The molecule has 0 radical (unpaired) electrons. The van der Waals surface area contributed by atoms with Crippen molar-refractivity contribution >= 4 is 10.1 Å². The Balaban J connectivity index is 0.000000226. The zero-order chi connectivity index (χ0) is 10.3. The number of hydrogen-bond acceptors (Lipinski definition) is 5. The maximum Gasteiger partial charge on any atom is 0.264 e. The van der Waals surface area contributed by atoms with Crippen LogP contribution in [0, 0.1) is 0 Å². The summed E-state index contributed by atoms with van der Waals surface area (Å²) < 4.78 is 26.9. The summed E-state index contributed by atoms with van der Waals surface area (Å²) in [4.78, 5) is 0. The van der Waals surface area contributed by atoms with Crippen LogP contribution in [0.25, 0.3) is 0 Å². The molecule has 0 saturated carbocycles. The van der Waals surface area contributed by atoms with Crippen molar-refractivity contribution in [2.45, 2.75) is 6.92 Å². The van der Waals surface area contributed by atoms with Crippen LogP contribution in [-0.2, 0) is 10.1 Å². The van der Waals surface area contributed by atoms with E-state index < -0.39 is 10.1 Å². The van der Waals surface area contributed by atoms with Crippen molar-refractivity contribution in [1.82, 2.24) is 10.4 Å². The molecule has 1 aliphatic heterocycles. The van der Waals surface area contributed by atoms with Crippen LogP contribution in [0.1, 0.15) is 6.92 Å². The second-order valence-electron chi connectivity index (χ2n) is 2.57. The Morgan fingerprint density at radius 2 is 1.77 bits per heavy atom. The molecule has 0 spiro atoms. The van der Waals surface area contributed by atoms with Gasteiger partial charge >= 0.3 is 0 Å². The number of rotatable bonds is 1. The van der Waals surface area contributed by atoms with Gasteiger partial charge in [-0.15, -0.1) is 0 Å². The summed E-state index contributed by atoms with van der Waals surface area (Å²) in [5.41, 5.74) is 0. The topological polar surface area (TPSA) is 89.9 Å². The van der Waals surface area contributed by atoms with Gasteiger partial charge in [0.1, 0.15) is 0 Å². The molecule has 0 amide bonds. The first kappa shape index (κ1) is 12.8. The van der Waals surface area contributed by atoms with Crippen LogP contribution < -0.4 is 5.32 Å². The van der Waals surface area contributed by atoms with Crippen LogP contribution in [-0.4, -0.2) is 55.2 Å². The van der Waals surface area contributed by atoms with Gasteiger partial charge in [0.05, 0.1) is 5.75 Å². The predicted octanol–water partition coefficient (Wildman–Crippen LogP) is -0.825. The Kier molecular flexibility index (Phi) is 6.17. The van der Waals surface area contributed by atoms with Crippen LogP contribution in [0.2, 0.25) is 0 Å². The van der Waals surface area contributed by atoms with Gasteiger partial charge in [0.15, 0.2) is 0 Å². The quantitative estimate of drug-likeness (QED) is 0.492. The van der Waals surface area contributed by atoms with E-state index in [0.717, 1.165) is 26.2 Å². The molecule has 7 heteroatoms. The summed E-state index contributed by atoms with van der Waals surface area (Å²) in [5, 5.41) is 13.1. The van der Waals surface area contributed by atoms with Crippen molar-refractivity contribution in [3.8, 4) is 0 Å². The molecule has 1 rings (SSSR count). The van der Waals surface area contributed by atoms with Gasteiger partial charge in [-0.25, -0.2) is 0 Å². The van der Waals surface area contributed by atoms with E-state index in [0.29, 0.717) is 0 Å². The van der Waals surface area contributed by atoms with Gasteiger partial charge in [0.25, 0.3) is 10.1 Å². The molecule has 0 aromatic heterocycles. The molecule has 0 aromatic rings.